The van der Waals surface area contributed by atoms with Gasteiger partial charge in [0.15, 0.2) is 0 Å². The van der Waals surface area contributed by atoms with Gasteiger partial charge in [-0.25, -0.2) is 4.39 Å². The first-order valence-corrected chi connectivity index (χ1v) is 7.99. The number of hydrogen-bond acceptors (Lipinski definition) is 3. The van der Waals surface area contributed by atoms with Crippen molar-refractivity contribution < 1.29 is 9.13 Å². The van der Waals surface area contributed by atoms with Crippen LogP contribution in [0.2, 0.25) is 0 Å². The van der Waals surface area contributed by atoms with Crippen molar-refractivity contribution in [3.63, 3.8) is 0 Å². The minimum atomic E-state index is -0.304. The minimum absolute atomic E-state index is 0.264. The van der Waals surface area contributed by atoms with Crippen molar-refractivity contribution in [3.8, 4) is 5.75 Å². The van der Waals surface area contributed by atoms with E-state index in [-0.39, 0.29) is 11.9 Å². The second kappa shape index (κ2) is 6.32. The summed E-state index contributed by atoms with van der Waals surface area (Å²) in [4.78, 5) is 2.50. The molecule has 1 heterocycles. The van der Waals surface area contributed by atoms with Gasteiger partial charge in [-0.05, 0) is 49.8 Å². The molecule has 2 fully saturated rings. The summed E-state index contributed by atoms with van der Waals surface area (Å²) in [5, 5.41) is 0. The molecule has 3 rings (SSSR count). The van der Waals surface area contributed by atoms with Gasteiger partial charge in [-0.3, -0.25) is 0 Å². The van der Waals surface area contributed by atoms with Crippen LogP contribution in [0.15, 0.2) is 18.2 Å². The number of rotatable bonds is 5. The average molecular weight is 292 g/mol. The molecule has 3 atom stereocenters. The zero-order chi connectivity index (χ0) is 14.8. The molecule has 4 heteroatoms. The Bertz CT molecular complexity index is 482. The smallest absolute Gasteiger partial charge is 0.131 e. The molecule has 1 aromatic rings. The van der Waals surface area contributed by atoms with Crippen LogP contribution < -0.4 is 10.5 Å². The summed E-state index contributed by atoms with van der Waals surface area (Å²) in [5.74, 6) is 2.08. The van der Waals surface area contributed by atoms with Crippen LogP contribution in [-0.2, 0) is 0 Å². The van der Waals surface area contributed by atoms with E-state index in [2.05, 4.69) is 4.90 Å². The highest BCUT2D eigenvalue weighted by Crippen LogP contribution is 2.38. The molecule has 1 saturated heterocycles. The summed E-state index contributed by atoms with van der Waals surface area (Å²) >= 11 is 0. The van der Waals surface area contributed by atoms with Gasteiger partial charge in [0.25, 0.3) is 0 Å². The lowest BCUT2D eigenvalue weighted by molar-refractivity contribution is 0.295. The Morgan fingerprint density at radius 2 is 2.05 bits per heavy atom. The van der Waals surface area contributed by atoms with E-state index in [0.29, 0.717) is 11.3 Å². The largest absolute Gasteiger partial charge is 0.496 e. The Morgan fingerprint density at radius 3 is 2.71 bits per heavy atom. The van der Waals surface area contributed by atoms with Crippen molar-refractivity contribution in [2.45, 2.75) is 31.7 Å². The molecule has 1 aliphatic carbocycles. The Kier molecular flexibility index (Phi) is 4.45. The topological polar surface area (TPSA) is 38.5 Å². The summed E-state index contributed by atoms with van der Waals surface area (Å²) in [7, 11) is 1.56. The molecule has 0 amide bonds. The van der Waals surface area contributed by atoms with Crippen LogP contribution in [0.25, 0.3) is 0 Å². The zero-order valence-corrected chi connectivity index (χ0v) is 12.7. The number of halogens is 1. The zero-order valence-electron chi connectivity index (χ0n) is 12.7. The number of nitrogens with two attached hydrogens (primary N) is 1. The molecule has 3 nitrogen and oxygen atoms in total. The summed E-state index contributed by atoms with van der Waals surface area (Å²) in [6.07, 6.45) is 4.94. The normalized spacial score (nSPS) is 26.8. The highest BCUT2D eigenvalue weighted by molar-refractivity contribution is 5.37. The van der Waals surface area contributed by atoms with Gasteiger partial charge in [0.2, 0.25) is 0 Å². The van der Waals surface area contributed by atoms with Crippen LogP contribution in [-0.4, -0.2) is 31.6 Å². The maximum absolute atomic E-state index is 14.0. The lowest BCUT2D eigenvalue weighted by Crippen LogP contribution is -2.26. The van der Waals surface area contributed by atoms with Gasteiger partial charge in [-0.2, -0.15) is 0 Å². The van der Waals surface area contributed by atoms with E-state index >= 15 is 0 Å². The van der Waals surface area contributed by atoms with Crippen LogP contribution in [0.1, 0.15) is 37.3 Å². The lowest BCUT2D eigenvalue weighted by atomic mass is 10.0. The van der Waals surface area contributed by atoms with E-state index in [9.17, 15) is 4.39 Å². The summed E-state index contributed by atoms with van der Waals surface area (Å²) < 4.78 is 19.2. The van der Waals surface area contributed by atoms with Crippen molar-refractivity contribution in [1.29, 1.82) is 0 Å². The number of methoxy groups -OCH3 is 1. The van der Waals surface area contributed by atoms with Gasteiger partial charge >= 0.3 is 0 Å². The Labute approximate surface area is 126 Å². The third-order valence-electron chi connectivity index (χ3n) is 5.16. The predicted molar refractivity (Wildman–Crippen MR) is 81.8 cm³/mol. The Morgan fingerprint density at radius 1 is 1.33 bits per heavy atom. The molecule has 0 radical (unpaired) electrons. The number of benzene rings is 1. The van der Waals surface area contributed by atoms with E-state index in [1.807, 2.05) is 0 Å². The predicted octanol–water partition coefficient (Wildman–Crippen LogP) is 2.96. The van der Waals surface area contributed by atoms with Gasteiger partial charge in [0.05, 0.1) is 7.11 Å². The van der Waals surface area contributed by atoms with E-state index in [1.54, 1.807) is 19.2 Å². The van der Waals surface area contributed by atoms with Gasteiger partial charge in [0.1, 0.15) is 11.6 Å². The van der Waals surface area contributed by atoms with E-state index < -0.39 is 0 Å². The Hall–Kier alpha value is -1.13. The summed E-state index contributed by atoms with van der Waals surface area (Å²) in [6, 6.07) is 4.59. The minimum Gasteiger partial charge on any atom is -0.496 e. The van der Waals surface area contributed by atoms with Crippen LogP contribution in [0.4, 0.5) is 4.39 Å². The molecule has 2 N–H and O–H groups in total. The first-order valence-electron chi connectivity index (χ1n) is 7.99. The number of likely N-dealkylation sites (tertiary alicyclic amines) is 1. The quantitative estimate of drug-likeness (QED) is 0.907. The number of ether oxygens (including phenoxy) is 1. The molecular weight excluding hydrogens is 267 g/mol. The fourth-order valence-electron chi connectivity index (χ4n) is 4.04. The van der Waals surface area contributed by atoms with Gasteiger partial charge < -0.3 is 15.4 Å². The first kappa shape index (κ1) is 14.8. The molecule has 0 bridgehead atoms. The molecule has 0 aromatic heterocycles. The molecule has 2 aliphatic rings. The second-order valence-corrected chi connectivity index (χ2v) is 6.46. The van der Waals surface area contributed by atoms with Crippen LogP contribution >= 0.6 is 0 Å². The van der Waals surface area contributed by atoms with Crippen LogP contribution in [0.5, 0.6) is 5.75 Å². The van der Waals surface area contributed by atoms with Crippen LogP contribution in [0, 0.1) is 17.7 Å². The van der Waals surface area contributed by atoms with Crippen molar-refractivity contribution in [1.82, 2.24) is 4.90 Å². The fraction of sp³-hybridized carbons (Fsp3) is 0.647. The SMILES string of the molecule is COc1cccc(F)c1C(N)CCN1CC2CCCC2C1. The highest BCUT2D eigenvalue weighted by Gasteiger charge is 2.35. The standard InChI is InChI=1S/C17H25FN2O/c1-21-16-7-3-6-14(18)17(16)15(19)8-9-20-10-12-4-2-5-13(12)11-20/h3,6-7,12-13,15H,2,4-5,8-11,19H2,1H3. The van der Waals surface area contributed by atoms with Crippen molar-refractivity contribution in [2.24, 2.45) is 17.6 Å². The highest BCUT2D eigenvalue weighted by atomic mass is 19.1. The van der Waals surface area contributed by atoms with E-state index in [1.165, 1.54) is 38.4 Å². The number of fused-ring (bicyclic) bond motifs is 1. The van der Waals surface area contributed by atoms with Crippen molar-refractivity contribution >= 4 is 0 Å². The molecular formula is C17H25FN2O. The molecule has 1 aromatic carbocycles. The monoisotopic (exact) mass is 292 g/mol. The van der Waals surface area contributed by atoms with Crippen molar-refractivity contribution in [2.75, 3.05) is 26.7 Å². The third kappa shape index (κ3) is 3.06. The lowest BCUT2D eigenvalue weighted by Gasteiger charge is -2.21. The second-order valence-electron chi connectivity index (χ2n) is 6.46. The third-order valence-corrected chi connectivity index (χ3v) is 5.16. The molecule has 3 unspecified atom stereocenters. The van der Waals surface area contributed by atoms with Gasteiger partial charge in [-0.15, -0.1) is 0 Å². The van der Waals surface area contributed by atoms with E-state index in [0.717, 1.165) is 24.8 Å². The van der Waals surface area contributed by atoms with Crippen molar-refractivity contribution in [3.05, 3.63) is 29.6 Å². The maximum Gasteiger partial charge on any atom is 0.131 e. The first-order chi connectivity index (χ1) is 10.2. The molecule has 21 heavy (non-hydrogen) atoms. The number of nitrogens with zero attached hydrogens (tertiary/aromatic N) is 1. The van der Waals surface area contributed by atoms with E-state index in [4.69, 9.17) is 10.5 Å². The average Bonchev–Trinajstić information content (AvgIpc) is 3.05. The molecule has 1 saturated carbocycles. The van der Waals surface area contributed by atoms with Gasteiger partial charge in [-0.1, -0.05) is 12.5 Å². The van der Waals surface area contributed by atoms with Gasteiger partial charge in [0, 0.05) is 24.7 Å². The maximum atomic E-state index is 14.0. The number of hydrogen-bond donors (Lipinski definition) is 1. The summed E-state index contributed by atoms with van der Waals surface area (Å²) in [6.45, 7) is 3.35. The Balaban J connectivity index is 1.58. The molecule has 116 valence electrons. The fourth-order valence-corrected chi connectivity index (χ4v) is 4.04. The summed E-state index contributed by atoms with van der Waals surface area (Å²) in [5.41, 5.74) is 6.73. The van der Waals surface area contributed by atoms with Crippen LogP contribution in [0.3, 0.4) is 0 Å². The molecule has 1 aliphatic heterocycles. The molecule has 0 spiro atoms.